The van der Waals surface area contributed by atoms with Crippen molar-refractivity contribution in [3.63, 3.8) is 0 Å². The number of rotatable bonds is 6. The molecule has 1 aromatic rings. The van der Waals surface area contributed by atoms with Crippen molar-refractivity contribution in [1.82, 2.24) is 15.3 Å². The van der Waals surface area contributed by atoms with Gasteiger partial charge in [0.25, 0.3) is 0 Å². The first-order valence-electron chi connectivity index (χ1n) is 5.24. The van der Waals surface area contributed by atoms with Gasteiger partial charge < -0.3 is 10.1 Å². The van der Waals surface area contributed by atoms with Crippen LogP contribution in [-0.4, -0.2) is 30.2 Å². The first-order valence-corrected chi connectivity index (χ1v) is 5.24. The zero-order chi connectivity index (χ0) is 11.1. The summed E-state index contributed by atoms with van der Waals surface area (Å²) in [6.45, 7) is 2.07. The van der Waals surface area contributed by atoms with Crippen molar-refractivity contribution in [1.29, 1.82) is 0 Å². The lowest BCUT2D eigenvalue weighted by molar-refractivity contribution is 0.106. The summed E-state index contributed by atoms with van der Waals surface area (Å²) in [7, 11) is 3.68. The molecular weight excluding hydrogens is 190 g/mol. The highest BCUT2D eigenvalue weighted by Gasteiger charge is 2.12. The Morgan fingerprint density at radius 1 is 1.40 bits per heavy atom. The normalized spacial score (nSPS) is 14.9. The molecule has 2 unspecified atom stereocenters. The maximum absolute atomic E-state index is 5.22. The van der Waals surface area contributed by atoms with Crippen molar-refractivity contribution in [3.8, 4) is 0 Å². The molecule has 2 atom stereocenters. The van der Waals surface area contributed by atoms with Crippen molar-refractivity contribution < 1.29 is 4.74 Å². The Balaban J connectivity index is 2.50. The topological polar surface area (TPSA) is 47.0 Å². The van der Waals surface area contributed by atoms with Gasteiger partial charge in [0.15, 0.2) is 0 Å². The van der Waals surface area contributed by atoms with Crippen LogP contribution < -0.4 is 5.32 Å². The summed E-state index contributed by atoms with van der Waals surface area (Å²) in [5.41, 5.74) is 0.989. The quantitative estimate of drug-likeness (QED) is 0.772. The molecule has 0 aliphatic rings. The van der Waals surface area contributed by atoms with Crippen LogP contribution >= 0.6 is 0 Å². The Morgan fingerprint density at radius 3 is 2.73 bits per heavy atom. The molecule has 1 aromatic heterocycles. The molecule has 0 radical (unpaired) electrons. The molecule has 1 N–H and O–H groups in total. The van der Waals surface area contributed by atoms with E-state index in [1.165, 1.54) is 0 Å². The lowest BCUT2D eigenvalue weighted by Crippen LogP contribution is -2.19. The first-order chi connectivity index (χ1) is 7.27. The predicted octanol–water partition coefficient (Wildman–Crippen LogP) is 1.55. The van der Waals surface area contributed by atoms with E-state index in [1.807, 2.05) is 7.05 Å². The van der Waals surface area contributed by atoms with Gasteiger partial charge in [0.2, 0.25) is 0 Å². The lowest BCUT2D eigenvalue weighted by atomic mass is 10.1. The molecule has 4 heteroatoms. The van der Waals surface area contributed by atoms with Crippen molar-refractivity contribution in [3.05, 3.63) is 24.3 Å². The van der Waals surface area contributed by atoms with Gasteiger partial charge in [-0.15, -0.1) is 0 Å². The van der Waals surface area contributed by atoms with Gasteiger partial charge in [0, 0.05) is 25.7 Å². The van der Waals surface area contributed by atoms with Gasteiger partial charge in [-0.25, -0.2) is 0 Å². The van der Waals surface area contributed by atoms with Gasteiger partial charge in [0.05, 0.1) is 17.8 Å². The summed E-state index contributed by atoms with van der Waals surface area (Å²) in [4.78, 5) is 8.35. The third-order valence-electron chi connectivity index (χ3n) is 2.55. The largest absolute Gasteiger partial charge is 0.382 e. The summed E-state index contributed by atoms with van der Waals surface area (Å²) >= 11 is 0. The smallest absolute Gasteiger partial charge is 0.0755 e. The number of nitrogens with one attached hydrogen (secondary N) is 1. The third-order valence-corrected chi connectivity index (χ3v) is 2.55. The summed E-state index contributed by atoms with van der Waals surface area (Å²) < 4.78 is 5.22. The molecule has 1 heterocycles. The Bertz CT molecular complexity index is 266. The van der Waals surface area contributed by atoms with Crippen LogP contribution in [-0.2, 0) is 4.74 Å². The minimum absolute atomic E-state index is 0.260. The lowest BCUT2D eigenvalue weighted by Gasteiger charge is -2.17. The van der Waals surface area contributed by atoms with Gasteiger partial charge in [-0.1, -0.05) is 0 Å². The SMILES string of the molecule is CNC(CCC(C)OC)c1cnccn1. The van der Waals surface area contributed by atoms with Crippen molar-refractivity contribution >= 4 is 0 Å². The highest BCUT2D eigenvalue weighted by Crippen LogP contribution is 2.16. The zero-order valence-corrected chi connectivity index (χ0v) is 9.60. The molecule has 4 nitrogen and oxygen atoms in total. The molecule has 0 spiro atoms. The fourth-order valence-electron chi connectivity index (χ4n) is 1.45. The second-order valence-electron chi connectivity index (χ2n) is 3.60. The van der Waals surface area contributed by atoms with E-state index in [0.717, 1.165) is 18.5 Å². The fourth-order valence-corrected chi connectivity index (χ4v) is 1.45. The number of methoxy groups -OCH3 is 1. The molecule has 0 aliphatic carbocycles. The molecule has 0 aliphatic heterocycles. The second-order valence-corrected chi connectivity index (χ2v) is 3.60. The number of ether oxygens (including phenoxy) is 1. The maximum atomic E-state index is 5.22. The molecule has 0 saturated carbocycles. The summed E-state index contributed by atoms with van der Waals surface area (Å²) in [5, 5.41) is 3.24. The molecule has 1 rings (SSSR count). The number of hydrogen-bond donors (Lipinski definition) is 1. The molecule has 0 fully saturated rings. The Labute approximate surface area is 91.1 Å². The standard InChI is InChI=1S/C11H19N3O/c1-9(15-3)4-5-10(12-2)11-8-13-6-7-14-11/h6-10,12H,4-5H2,1-3H3. The number of nitrogens with zero attached hydrogens (tertiary/aromatic N) is 2. The summed E-state index contributed by atoms with van der Waals surface area (Å²) in [5.74, 6) is 0. The molecule has 15 heavy (non-hydrogen) atoms. The zero-order valence-electron chi connectivity index (χ0n) is 9.60. The van der Waals surface area contributed by atoms with Crippen LogP contribution in [0, 0.1) is 0 Å². The van der Waals surface area contributed by atoms with Gasteiger partial charge in [-0.05, 0) is 26.8 Å². The van der Waals surface area contributed by atoms with Crippen molar-refractivity contribution in [2.75, 3.05) is 14.2 Å². The third kappa shape index (κ3) is 3.93. The summed E-state index contributed by atoms with van der Waals surface area (Å²) in [6.07, 6.45) is 7.52. The van der Waals surface area contributed by atoms with E-state index in [4.69, 9.17) is 4.74 Å². The highest BCUT2D eigenvalue weighted by atomic mass is 16.5. The first kappa shape index (κ1) is 12.1. The van der Waals surface area contributed by atoms with E-state index in [9.17, 15) is 0 Å². The fraction of sp³-hybridized carbons (Fsp3) is 0.636. The second kappa shape index (κ2) is 6.48. The van der Waals surface area contributed by atoms with E-state index in [2.05, 4.69) is 22.2 Å². The van der Waals surface area contributed by atoms with Crippen molar-refractivity contribution in [2.45, 2.75) is 31.9 Å². The van der Waals surface area contributed by atoms with Crippen LogP contribution in [0.3, 0.4) is 0 Å². The van der Waals surface area contributed by atoms with Crippen LogP contribution in [0.25, 0.3) is 0 Å². The van der Waals surface area contributed by atoms with Gasteiger partial charge in [-0.3, -0.25) is 9.97 Å². The van der Waals surface area contributed by atoms with Crippen LogP contribution in [0.5, 0.6) is 0 Å². The van der Waals surface area contributed by atoms with Gasteiger partial charge in [0.1, 0.15) is 0 Å². The van der Waals surface area contributed by atoms with Crippen LogP contribution in [0.4, 0.5) is 0 Å². The molecule has 0 amide bonds. The van der Waals surface area contributed by atoms with Crippen molar-refractivity contribution in [2.24, 2.45) is 0 Å². The summed E-state index contributed by atoms with van der Waals surface area (Å²) in [6, 6.07) is 0.260. The van der Waals surface area contributed by atoms with E-state index >= 15 is 0 Å². The minimum atomic E-state index is 0.260. The molecule has 0 bridgehead atoms. The molecular formula is C11H19N3O. The number of hydrogen-bond acceptors (Lipinski definition) is 4. The minimum Gasteiger partial charge on any atom is -0.382 e. The maximum Gasteiger partial charge on any atom is 0.0755 e. The van der Waals surface area contributed by atoms with E-state index in [1.54, 1.807) is 25.7 Å². The molecule has 0 saturated heterocycles. The number of aromatic nitrogens is 2. The predicted molar refractivity (Wildman–Crippen MR) is 59.5 cm³/mol. The Kier molecular flexibility index (Phi) is 5.21. The van der Waals surface area contributed by atoms with Crippen LogP contribution in [0.2, 0.25) is 0 Å². The highest BCUT2D eigenvalue weighted by molar-refractivity contribution is 5.01. The molecule has 0 aromatic carbocycles. The average Bonchev–Trinajstić information content (AvgIpc) is 2.31. The van der Waals surface area contributed by atoms with Gasteiger partial charge in [-0.2, -0.15) is 0 Å². The van der Waals surface area contributed by atoms with E-state index in [0.29, 0.717) is 0 Å². The van der Waals surface area contributed by atoms with E-state index in [-0.39, 0.29) is 12.1 Å². The molecule has 84 valence electrons. The van der Waals surface area contributed by atoms with Gasteiger partial charge >= 0.3 is 0 Å². The van der Waals surface area contributed by atoms with E-state index < -0.39 is 0 Å². The average molecular weight is 209 g/mol. The van der Waals surface area contributed by atoms with Crippen LogP contribution in [0.1, 0.15) is 31.5 Å². The monoisotopic (exact) mass is 209 g/mol. The van der Waals surface area contributed by atoms with Crippen LogP contribution in [0.15, 0.2) is 18.6 Å². The Hall–Kier alpha value is -1.00. The Morgan fingerprint density at radius 2 is 2.20 bits per heavy atom.